The van der Waals surface area contributed by atoms with Crippen LogP contribution in [0.15, 0.2) is 24.3 Å². The van der Waals surface area contributed by atoms with E-state index in [1.54, 1.807) is 24.3 Å². The molecule has 0 unspecified atom stereocenters. The van der Waals surface area contributed by atoms with Gasteiger partial charge in [-0.25, -0.2) is 0 Å². The van der Waals surface area contributed by atoms with Crippen LogP contribution >= 0.6 is 0 Å². The highest BCUT2D eigenvalue weighted by Crippen LogP contribution is 2.27. The molecule has 98 valence electrons. The molecule has 2 aromatic rings. The number of Topliss-reactive ketones (excluding diaryl/α,β-unsaturated/α-hetero) is 1. The smallest absolute Gasteiger partial charge is 0.322 e. The summed E-state index contributed by atoms with van der Waals surface area (Å²) in [7, 11) is 0. The van der Waals surface area contributed by atoms with Gasteiger partial charge in [-0.1, -0.05) is 18.2 Å². The average Bonchev–Trinajstić information content (AvgIpc) is 2.70. The van der Waals surface area contributed by atoms with Crippen LogP contribution in [0.5, 0.6) is 5.88 Å². The van der Waals surface area contributed by atoms with Crippen molar-refractivity contribution in [2.24, 2.45) is 0 Å². The Kier molecular flexibility index (Phi) is 3.19. The quantitative estimate of drug-likeness (QED) is 0.465. The highest BCUT2D eigenvalue weighted by Gasteiger charge is 2.24. The molecule has 0 atom stereocenters. The number of para-hydroxylation sites is 1. The summed E-state index contributed by atoms with van der Waals surface area (Å²) < 4.78 is 0. The molecule has 0 aliphatic heterocycles. The van der Waals surface area contributed by atoms with Crippen LogP contribution in [-0.2, 0) is 9.59 Å². The van der Waals surface area contributed by atoms with E-state index in [1.807, 2.05) is 5.32 Å². The van der Waals surface area contributed by atoms with E-state index in [2.05, 4.69) is 4.98 Å². The van der Waals surface area contributed by atoms with Gasteiger partial charge in [0.15, 0.2) is 0 Å². The third kappa shape index (κ3) is 2.39. The molecule has 1 aromatic carbocycles. The number of rotatable bonds is 4. The lowest BCUT2D eigenvalue weighted by molar-refractivity contribution is -0.137. The van der Waals surface area contributed by atoms with E-state index in [-0.39, 0.29) is 5.56 Å². The average molecular weight is 262 g/mol. The van der Waals surface area contributed by atoms with E-state index >= 15 is 0 Å². The number of aromatic amines is 1. The minimum Gasteiger partial charge on any atom is -0.494 e. The molecule has 1 heterocycles. The molecule has 4 N–H and O–H groups in total. The lowest BCUT2D eigenvalue weighted by atomic mass is 10.1. The van der Waals surface area contributed by atoms with E-state index in [4.69, 9.17) is 5.11 Å². The molecule has 2 rings (SSSR count). The molecule has 0 bridgehead atoms. The fourth-order valence-electron chi connectivity index (χ4n) is 1.71. The van der Waals surface area contributed by atoms with Gasteiger partial charge < -0.3 is 20.5 Å². The number of hydrogen-bond donors (Lipinski definition) is 4. The van der Waals surface area contributed by atoms with Crippen LogP contribution in [0.3, 0.4) is 0 Å². The first kappa shape index (κ1) is 12.6. The fraction of sp³-hybridized carbons (Fsp3) is 0.0833. The molecule has 0 aliphatic carbocycles. The summed E-state index contributed by atoms with van der Waals surface area (Å²) in [5.41, 5.74) is 0.341. The van der Waals surface area contributed by atoms with Crippen molar-refractivity contribution in [3.63, 3.8) is 0 Å². The van der Waals surface area contributed by atoms with Crippen LogP contribution in [-0.4, -0.2) is 39.4 Å². The summed E-state index contributed by atoms with van der Waals surface area (Å²) in [6.07, 6.45) is 0. The number of carboxylic acids is 1. The van der Waals surface area contributed by atoms with Crippen LogP contribution in [0, 0.1) is 0 Å². The summed E-state index contributed by atoms with van der Waals surface area (Å²) in [6.45, 7) is -0.659. The van der Waals surface area contributed by atoms with Gasteiger partial charge in [0.1, 0.15) is 6.54 Å². The number of aliphatic carboxylic acids is 1. The lowest BCUT2D eigenvalue weighted by Gasteiger charge is -2.01. The standard InChI is InChI=1S/C12H10N2O5/c15-8(16)5-13-12(19)10(17)9-6-3-1-2-4-7(6)14-11(9)18/h1-4,14,18H,5H2,(H,13,19)(H,15,16). The summed E-state index contributed by atoms with van der Waals surface area (Å²) in [4.78, 5) is 36.2. The van der Waals surface area contributed by atoms with Gasteiger partial charge in [0.25, 0.3) is 11.7 Å². The number of fused-ring (bicyclic) bond motifs is 1. The lowest BCUT2D eigenvalue weighted by Crippen LogP contribution is -2.34. The number of aromatic nitrogens is 1. The molecular weight excluding hydrogens is 252 g/mol. The largest absolute Gasteiger partial charge is 0.494 e. The molecule has 0 spiro atoms. The number of carbonyl (C=O) groups is 3. The van der Waals surface area contributed by atoms with Crippen LogP contribution in [0.25, 0.3) is 10.9 Å². The summed E-state index contributed by atoms with van der Waals surface area (Å²) >= 11 is 0. The van der Waals surface area contributed by atoms with Crippen LogP contribution in [0.4, 0.5) is 0 Å². The normalized spacial score (nSPS) is 10.3. The predicted molar refractivity (Wildman–Crippen MR) is 64.9 cm³/mol. The molecule has 0 fully saturated rings. The Bertz CT molecular complexity index is 674. The molecular formula is C12H10N2O5. The highest BCUT2D eigenvalue weighted by atomic mass is 16.4. The SMILES string of the molecule is O=C(O)CNC(=O)C(=O)c1c(O)[nH]c2ccccc12. The monoisotopic (exact) mass is 262 g/mol. The maximum atomic E-state index is 11.9. The van der Waals surface area contributed by atoms with E-state index in [9.17, 15) is 19.5 Å². The molecule has 0 radical (unpaired) electrons. The number of benzene rings is 1. The number of ketones is 1. The van der Waals surface area contributed by atoms with E-state index in [0.29, 0.717) is 10.9 Å². The zero-order chi connectivity index (χ0) is 14.0. The van der Waals surface area contributed by atoms with Crippen molar-refractivity contribution in [1.82, 2.24) is 10.3 Å². The number of aromatic hydroxyl groups is 1. The van der Waals surface area contributed by atoms with Crippen LogP contribution < -0.4 is 5.32 Å². The zero-order valence-corrected chi connectivity index (χ0v) is 9.64. The Morgan fingerprint density at radius 1 is 1.21 bits per heavy atom. The molecule has 7 heteroatoms. The third-order valence-electron chi connectivity index (χ3n) is 2.52. The van der Waals surface area contributed by atoms with Gasteiger partial charge in [0.05, 0.1) is 5.56 Å². The summed E-state index contributed by atoms with van der Waals surface area (Å²) in [5, 5.41) is 20.4. The first-order chi connectivity index (χ1) is 9.00. The van der Waals surface area contributed by atoms with Gasteiger partial charge in [-0.15, -0.1) is 0 Å². The Morgan fingerprint density at radius 3 is 2.58 bits per heavy atom. The van der Waals surface area contributed by atoms with Crippen LogP contribution in [0.1, 0.15) is 10.4 Å². The van der Waals surface area contributed by atoms with Gasteiger partial charge in [-0.05, 0) is 6.07 Å². The Hall–Kier alpha value is -2.83. The number of carbonyl (C=O) groups excluding carboxylic acids is 2. The molecule has 1 aromatic heterocycles. The van der Waals surface area contributed by atoms with E-state index in [1.165, 1.54) is 0 Å². The van der Waals surface area contributed by atoms with E-state index < -0.39 is 30.1 Å². The van der Waals surface area contributed by atoms with Gasteiger partial charge in [-0.3, -0.25) is 14.4 Å². The van der Waals surface area contributed by atoms with Crippen molar-refractivity contribution in [2.45, 2.75) is 0 Å². The molecule has 0 aliphatic rings. The van der Waals surface area contributed by atoms with Crippen molar-refractivity contribution in [3.05, 3.63) is 29.8 Å². The second-order valence-corrected chi connectivity index (χ2v) is 3.80. The van der Waals surface area contributed by atoms with Gasteiger partial charge >= 0.3 is 5.97 Å². The Labute approximate surface area is 106 Å². The molecule has 0 saturated heterocycles. The highest BCUT2D eigenvalue weighted by molar-refractivity contribution is 6.45. The number of carboxylic acid groups (broad SMARTS) is 1. The van der Waals surface area contributed by atoms with Crippen molar-refractivity contribution < 1.29 is 24.6 Å². The second kappa shape index (κ2) is 4.81. The molecule has 19 heavy (non-hydrogen) atoms. The maximum absolute atomic E-state index is 11.9. The topological polar surface area (TPSA) is 119 Å². The van der Waals surface area contributed by atoms with Gasteiger partial charge in [-0.2, -0.15) is 0 Å². The van der Waals surface area contributed by atoms with Crippen LogP contribution in [0.2, 0.25) is 0 Å². The molecule has 7 nitrogen and oxygen atoms in total. The van der Waals surface area contributed by atoms with E-state index in [0.717, 1.165) is 0 Å². The number of hydrogen-bond acceptors (Lipinski definition) is 4. The number of amides is 1. The van der Waals surface area contributed by atoms with Crippen molar-refractivity contribution in [3.8, 4) is 5.88 Å². The molecule has 1 amide bonds. The second-order valence-electron chi connectivity index (χ2n) is 3.80. The predicted octanol–water partition coefficient (Wildman–Crippen LogP) is 0.257. The van der Waals surface area contributed by atoms with Crippen molar-refractivity contribution in [2.75, 3.05) is 6.54 Å². The van der Waals surface area contributed by atoms with Gasteiger partial charge in [0.2, 0.25) is 5.88 Å². The fourth-order valence-corrected chi connectivity index (χ4v) is 1.71. The first-order valence-corrected chi connectivity index (χ1v) is 5.34. The minimum atomic E-state index is -1.26. The summed E-state index contributed by atoms with van der Waals surface area (Å²) in [6, 6.07) is 6.57. The Balaban J connectivity index is 2.33. The van der Waals surface area contributed by atoms with Crippen molar-refractivity contribution in [1.29, 1.82) is 0 Å². The zero-order valence-electron chi connectivity index (χ0n) is 9.64. The third-order valence-corrected chi connectivity index (χ3v) is 2.52. The Morgan fingerprint density at radius 2 is 1.89 bits per heavy atom. The first-order valence-electron chi connectivity index (χ1n) is 5.34. The van der Waals surface area contributed by atoms with Crippen molar-refractivity contribution >= 4 is 28.6 Å². The minimum absolute atomic E-state index is 0.168. The van der Waals surface area contributed by atoms with Gasteiger partial charge in [0, 0.05) is 10.9 Å². The molecule has 0 saturated carbocycles. The maximum Gasteiger partial charge on any atom is 0.322 e. The number of H-pyrrole nitrogens is 1. The number of nitrogens with one attached hydrogen (secondary N) is 2. The summed E-state index contributed by atoms with van der Waals surface area (Å²) in [5.74, 6) is -3.75.